The quantitative estimate of drug-likeness (QED) is 0.749. The van der Waals surface area contributed by atoms with Crippen LogP contribution in [0, 0.1) is 0 Å². The van der Waals surface area contributed by atoms with Gasteiger partial charge >= 0.3 is 0 Å². The average molecular weight is 236 g/mol. The molecule has 6 heteroatoms. The summed E-state index contributed by atoms with van der Waals surface area (Å²) in [5.41, 5.74) is -0.998. The second-order valence-electron chi connectivity index (χ2n) is 4.68. The van der Waals surface area contributed by atoms with E-state index in [-0.39, 0.29) is 6.54 Å². The third kappa shape index (κ3) is 3.41. The molecule has 1 aliphatic heterocycles. The molecule has 0 aromatic heterocycles. The van der Waals surface area contributed by atoms with Crippen LogP contribution in [0.15, 0.2) is 0 Å². The van der Waals surface area contributed by atoms with E-state index in [0.717, 1.165) is 12.8 Å². The van der Waals surface area contributed by atoms with Crippen molar-refractivity contribution in [2.75, 3.05) is 26.7 Å². The Morgan fingerprint density at radius 3 is 2.20 bits per heavy atom. The number of rotatable bonds is 4. The van der Waals surface area contributed by atoms with Gasteiger partial charge in [-0.2, -0.15) is 17.0 Å². The highest BCUT2D eigenvalue weighted by molar-refractivity contribution is 7.86. The molecule has 1 fully saturated rings. The number of hydrogen-bond acceptors (Lipinski definition) is 3. The molecule has 0 aromatic rings. The molecule has 0 bridgehead atoms. The largest absolute Gasteiger partial charge is 0.389 e. The normalized spacial score (nSPS) is 20.1. The summed E-state index contributed by atoms with van der Waals surface area (Å²) in [4.78, 5) is 0. The van der Waals surface area contributed by atoms with Crippen molar-refractivity contribution in [2.45, 2.75) is 32.3 Å². The van der Waals surface area contributed by atoms with Crippen molar-refractivity contribution < 1.29 is 13.5 Å². The van der Waals surface area contributed by atoms with Crippen molar-refractivity contribution in [3.05, 3.63) is 0 Å². The van der Waals surface area contributed by atoms with E-state index in [0.29, 0.717) is 13.1 Å². The minimum Gasteiger partial charge on any atom is -0.389 e. The van der Waals surface area contributed by atoms with E-state index in [4.69, 9.17) is 0 Å². The van der Waals surface area contributed by atoms with Crippen LogP contribution in [0.3, 0.4) is 0 Å². The van der Waals surface area contributed by atoms with Crippen LogP contribution in [0.4, 0.5) is 0 Å². The van der Waals surface area contributed by atoms with E-state index < -0.39 is 15.8 Å². The van der Waals surface area contributed by atoms with Crippen LogP contribution < -0.4 is 0 Å². The number of likely N-dealkylation sites (N-methyl/N-ethyl adjacent to an activating group) is 1. The lowest BCUT2D eigenvalue weighted by atomic mass is 10.1. The summed E-state index contributed by atoms with van der Waals surface area (Å²) in [5.74, 6) is 0. The van der Waals surface area contributed by atoms with Crippen LogP contribution in [0.25, 0.3) is 0 Å². The van der Waals surface area contributed by atoms with Crippen LogP contribution >= 0.6 is 0 Å². The molecule has 1 saturated heterocycles. The van der Waals surface area contributed by atoms with Gasteiger partial charge in [-0.15, -0.1) is 0 Å². The topological polar surface area (TPSA) is 60.9 Å². The van der Waals surface area contributed by atoms with Crippen molar-refractivity contribution in [3.63, 3.8) is 0 Å². The van der Waals surface area contributed by atoms with Crippen LogP contribution in [0.2, 0.25) is 0 Å². The van der Waals surface area contributed by atoms with Crippen molar-refractivity contribution in [1.29, 1.82) is 0 Å². The third-order valence-corrected chi connectivity index (χ3v) is 4.33. The average Bonchev–Trinajstić information content (AvgIpc) is 2.52. The SMILES string of the molecule is CN(CC(C)(C)O)S(=O)(=O)N1CCCC1. The lowest BCUT2D eigenvalue weighted by molar-refractivity contribution is 0.0627. The maximum absolute atomic E-state index is 12.0. The highest BCUT2D eigenvalue weighted by Gasteiger charge is 2.31. The maximum Gasteiger partial charge on any atom is 0.281 e. The van der Waals surface area contributed by atoms with E-state index in [1.807, 2.05) is 0 Å². The summed E-state index contributed by atoms with van der Waals surface area (Å²) in [6, 6.07) is 0. The van der Waals surface area contributed by atoms with Gasteiger partial charge in [0.2, 0.25) is 0 Å². The monoisotopic (exact) mass is 236 g/mol. The molecule has 90 valence electrons. The van der Waals surface area contributed by atoms with Crippen molar-refractivity contribution >= 4 is 10.2 Å². The van der Waals surface area contributed by atoms with E-state index in [2.05, 4.69) is 0 Å². The molecule has 0 spiro atoms. The Balaban J connectivity index is 2.68. The van der Waals surface area contributed by atoms with Crippen molar-refractivity contribution in [3.8, 4) is 0 Å². The molecular formula is C9H20N2O3S. The highest BCUT2D eigenvalue weighted by atomic mass is 32.2. The zero-order chi connectivity index (χ0) is 11.7. The molecule has 0 aliphatic carbocycles. The lowest BCUT2D eigenvalue weighted by Crippen LogP contribution is -2.46. The summed E-state index contributed by atoms with van der Waals surface area (Å²) in [7, 11) is -1.86. The Bertz CT molecular complexity index is 302. The van der Waals surface area contributed by atoms with Crippen molar-refractivity contribution in [2.24, 2.45) is 0 Å². The van der Waals surface area contributed by atoms with E-state index in [1.54, 1.807) is 13.8 Å². The number of hydrogen-bond donors (Lipinski definition) is 1. The van der Waals surface area contributed by atoms with Crippen LogP contribution in [0.5, 0.6) is 0 Å². The zero-order valence-corrected chi connectivity index (χ0v) is 10.4. The molecular weight excluding hydrogens is 216 g/mol. The molecule has 0 aromatic carbocycles. The summed E-state index contributed by atoms with van der Waals surface area (Å²) >= 11 is 0. The maximum atomic E-state index is 12.0. The molecule has 5 nitrogen and oxygen atoms in total. The first-order valence-corrected chi connectivity index (χ1v) is 6.57. The van der Waals surface area contributed by atoms with Gasteiger partial charge in [0.25, 0.3) is 10.2 Å². The first-order chi connectivity index (χ1) is 6.73. The molecule has 1 N–H and O–H groups in total. The van der Waals surface area contributed by atoms with E-state index in [1.165, 1.54) is 15.7 Å². The second-order valence-corrected chi connectivity index (χ2v) is 6.72. The van der Waals surface area contributed by atoms with Gasteiger partial charge in [-0.25, -0.2) is 0 Å². The van der Waals surface area contributed by atoms with Gasteiger partial charge in [0.05, 0.1) is 5.60 Å². The molecule has 0 saturated carbocycles. The Hall–Kier alpha value is -0.170. The molecule has 0 radical (unpaired) electrons. The fourth-order valence-electron chi connectivity index (χ4n) is 1.74. The summed E-state index contributed by atoms with van der Waals surface area (Å²) < 4.78 is 26.6. The van der Waals surface area contributed by atoms with Gasteiger partial charge in [-0.05, 0) is 26.7 Å². The van der Waals surface area contributed by atoms with Crippen molar-refractivity contribution in [1.82, 2.24) is 8.61 Å². The molecule has 0 unspecified atom stereocenters. The minimum atomic E-state index is -3.37. The van der Waals surface area contributed by atoms with Crippen LogP contribution in [-0.4, -0.2) is 54.4 Å². The first-order valence-electron chi connectivity index (χ1n) is 5.17. The molecule has 1 aliphatic rings. The smallest absolute Gasteiger partial charge is 0.281 e. The molecule has 1 heterocycles. The van der Waals surface area contributed by atoms with Gasteiger partial charge in [-0.1, -0.05) is 0 Å². The minimum absolute atomic E-state index is 0.117. The Morgan fingerprint density at radius 2 is 1.80 bits per heavy atom. The second kappa shape index (κ2) is 4.37. The van der Waals surface area contributed by atoms with Crippen LogP contribution in [-0.2, 0) is 10.2 Å². The lowest BCUT2D eigenvalue weighted by Gasteiger charge is -2.28. The van der Waals surface area contributed by atoms with E-state index in [9.17, 15) is 13.5 Å². The summed E-state index contributed by atoms with van der Waals surface area (Å²) in [6.45, 7) is 4.51. The van der Waals surface area contributed by atoms with Gasteiger partial charge in [0.1, 0.15) is 0 Å². The number of nitrogens with zero attached hydrogens (tertiary/aromatic N) is 2. The Labute approximate surface area is 91.9 Å². The molecule has 0 amide bonds. The highest BCUT2D eigenvalue weighted by Crippen LogP contribution is 2.17. The van der Waals surface area contributed by atoms with Gasteiger partial charge in [-0.3, -0.25) is 0 Å². The summed E-state index contributed by atoms with van der Waals surface area (Å²) in [5, 5.41) is 9.57. The standard InChI is InChI=1S/C9H20N2O3S/c1-9(2,12)8-10(3)15(13,14)11-6-4-5-7-11/h12H,4-8H2,1-3H3. The van der Waals surface area contributed by atoms with E-state index >= 15 is 0 Å². The summed E-state index contributed by atoms with van der Waals surface area (Å²) in [6.07, 6.45) is 1.85. The third-order valence-electron chi connectivity index (χ3n) is 2.39. The molecule has 0 atom stereocenters. The Kier molecular flexibility index (Phi) is 3.76. The first kappa shape index (κ1) is 12.9. The predicted octanol–water partition coefficient (Wildman–Crippen LogP) is 0.0297. The predicted molar refractivity (Wildman–Crippen MR) is 58.7 cm³/mol. The zero-order valence-electron chi connectivity index (χ0n) is 9.60. The number of aliphatic hydroxyl groups is 1. The molecule has 15 heavy (non-hydrogen) atoms. The fourth-order valence-corrected chi connectivity index (χ4v) is 3.34. The van der Waals surface area contributed by atoms with Gasteiger partial charge in [0, 0.05) is 26.7 Å². The molecule has 1 rings (SSSR count). The van der Waals surface area contributed by atoms with Gasteiger partial charge < -0.3 is 5.11 Å². The Morgan fingerprint density at radius 1 is 1.33 bits per heavy atom. The fraction of sp³-hybridized carbons (Fsp3) is 1.00. The van der Waals surface area contributed by atoms with Crippen LogP contribution in [0.1, 0.15) is 26.7 Å². The van der Waals surface area contributed by atoms with Gasteiger partial charge in [0.15, 0.2) is 0 Å².